The van der Waals surface area contributed by atoms with Gasteiger partial charge in [0.25, 0.3) is 0 Å². The molecule has 1 N–H and O–H groups in total. The Morgan fingerprint density at radius 1 is 1.23 bits per heavy atom. The van der Waals surface area contributed by atoms with E-state index in [9.17, 15) is 9.18 Å². The largest absolute Gasteiger partial charge is 0.384 e. The maximum atomic E-state index is 14.3. The lowest BCUT2D eigenvalue weighted by Crippen LogP contribution is -2.34. The molecule has 0 spiro atoms. The van der Waals surface area contributed by atoms with Crippen molar-refractivity contribution < 1.29 is 14.0 Å². The summed E-state index contributed by atoms with van der Waals surface area (Å²) in [6.45, 7) is 2.02. The second kappa shape index (κ2) is 8.37. The fourth-order valence-corrected chi connectivity index (χ4v) is 4.19. The van der Waals surface area contributed by atoms with Gasteiger partial charge in [-0.25, -0.2) is 4.39 Å². The first kappa shape index (κ1) is 21.4. The van der Waals surface area contributed by atoms with Crippen molar-refractivity contribution in [3.05, 3.63) is 67.9 Å². The van der Waals surface area contributed by atoms with Crippen molar-refractivity contribution in [3.8, 4) is 0 Å². The summed E-state index contributed by atoms with van der Waals surface area (Å²) in [6, 6.07) is 8.16. The summed E-state index contributed by atoms with van der Waals surface area (Å²) in [4.78, 5) is 17.8. The average Bonchev–Trinajstić information content (AvgIpc) is 3.07. The molecule has 158 valence electrons. The van der Waals surface area contributed by atoms with Crippen molar-refractivity contribution in [1.82, 2.24) is 5.32 Å². The third-order valence-corrected chi connectivity index (χ3v) is 6.96. The van der Waals surface area contributed by atoms with Gasteiger partial charge >= 0.3 is 0 Å². The van der Waals surface area contributed by atoms with E-state index in [0.717, 1.165) is 30.4 Å². The molecule has 1 unspecified atom stereocenters. The molecule has 1 aliphatic heterocycles. The Hall–Kier alpha value is -1.82. The van der Waals surface area contributed by atoms with Crippen LogP contribution in [0, 0.1) is 11.7 Å². The number of hydrogen-bond donors (Lipinski definition) is 1. The molecule has 1 saturated carbocycles. The van der Waals surface area contributed by atoms with Gasteiger partial charge in [0, 0.05) is 35.6 Å². The Bertz CT molecular complexity index is 1020. The maximum Gasteiger partial charge on any atom is 0.223 e. The fourth-order valence-electron chi connectivity index (χ4n) is 3.60. The van der Waals surface area contributed by atoms with E-state index in [1.165, 1.54) is 6.07 Å². The first-order valence-corrected chi connectivity index (χ1v) is 10.9. The lowest BCUT2D eigenvalue weighted by Gasteiger charge is -2.24. The third-order valence-electron chi connectivity index (χ3n) is 5.76. The van der Waals surface area contributed by atoms with E-state index in [4.69, 9.17) is 39.6 Å². The lowest BCUT2D eigenvalue weighted by molar-refractivity contribution is -0.127. The van der Waals surface area contributed by atoms with Gasteiger partial charge in [-0.1, -0.05) is 52.4 Å². The van der Waals surface area contributed by atoms with Crippen LogP contribution in [0.5, 0.6) is 0 Å². The number of halogens is 4. The van der Waals surface area contributed by atoms with Crippen LogP contribution in [0.15, 0.2) is 35.5 Å². The molecule has 0 bridgehead atoms. The highest BCUT2D eigenvalue weighted by atomic mass is 35.5. The summed E-state index contributed by atoms with van der Waals surface area (Å²) >= 11 is 18.4. The van der Waals surface area contributed by atoms with E-state index in [1.54, 1.807) is 24.3 Å². The predicted octanol–water partition coefficient (Wildman–Crippen LogP) is 6.24. The van der Waals surface area contributed by atoms with Crippen LogP contribution in [0.2, 0.25) is 15.1 Å². The molecule has 1 fully saturated rings. The summed E-state index contributed by atoms with van der Waals surface area (Å²) in [5, 5.41) is 8.01. The zero-order valence-corrected chi connectivity index (χ0v) is 18.5. The zero-order chi connectivity index (χ0) is 21.5. The minimum atomic E-state index is -0.778. The minimum Gasteiger partial charge on any atom is -0.384 e. The second-order valence-corrected chi connectivity index (χ2v) is 9.13. The molecule has 4 nitrogen and oxygen atoms in total. The van der Waals surface area contributed by atoms with E-state index in [1.807, 2.05) is 6.92 Å². The van der Waals surface area contributed by atoms with Gasteiger partial charge in [-0.05, 0) is 44.0 Å². The summed E-state index contributed by atoms with van der Waals surface area (Å²) in [5.74, 6) is -0.328. The molecule has 2 aliphatic rings. The quantitative estimate of drug-likeness (QED) is 0.527. The number of oxime groups is 1. The topological polar surface area (TPSA) is 50.7 Å². The molecule has 1 atom stereocenters. The van der Waals surface area contributed by atoms with Gasteiger partial charge in [-0.15, -0.1) is 0 Å². The summed E-state index contributed by atoms with van der Waals surface area (Å²) in [5.41, 5.74) is 1.79. The molecular weight excluding hydrogens is 450 g/mol. The van der Waals surface area contributed by atoms with Crippen LogP contribution in [0.4, 0.5) is 4.39 Å². The van der Waals surface area contributed by atoms with Crippen LogP contribution in [-0.4, -0.2) is 11.6 Å². The highest BCUT2D eigenvalue weighted by Crippen LogP contribution is 2.41. The van der Waals surface area contributed by atoms with Crippen molar-refractivity contribution in [2.75, 3.05) is 0 Å². The summed E-state index contributed by atoms with van der Waals surface area (Å²) in [7, 11) is 0. The number of nitrogens with zero attached hydrogens (tertiary/aromatic N) is 1. The van der Waals surface area contributed by atoms with Gasteiger partial charge < -0.3 is 10.2 Å². The molecule has 30 heavy (non-hydrogen) atoms. The van der Waals surface area contributed by atoms with Gasteiger partial charge in [0.1, 0.15) is 5.82 Å². The minimum absolute atomic E-state index is 0.0170. The average molecular weight is 470 g/mol. The van der Waals surface area contributed by atoms with E-state index in [-0.39, 0.29) is 29.2 Å². The lowest BCUT2D eigenvalue weighted by atomic mass is 9.85. The number of amides is 1. The Morgan fingerprint density at radius 3 is 2.57 bits per heavy atom. The molecule has 2 aromatic carbocycles. The standard InChI is InChI=1S/C22H20Cl3FN2O2/c1-22(15-8-16(23)20(25)17(24)9-15)10-19(28-30-22)13-5-6-18(26)14(7-13)11-27-21(29)12-3-2-4-12/h5-9,12H,2-4,10-11H2,1H3,(H,27,29). The van der Waals surface area contributed by atoms with E-state index < -0.39 is 5.60 Å². The third kappa shape index (κ3) is 4.16. The Balaban J connectivity index is 1.50. The highest BCUT2D eigenvalue weighted by Gasteiger charge is 2.37. The fraction of sp³-hybridized carbons (Fsp3) is 0.364. The predicted molar refractivity (Wildman–Crippen MR) is 117 cm³/mol. The monoisotopic (exact) mass is 468 g/mol. The van der Waals surface area contributed by atoms with Gasteiger partial charge in [0.2, 0.25) is 5.91 Å². The molecule has 1 aliphatic carbocycles. The molecule has 1 amide bonds. The highest BCUT2D eigenvalue weighted by molar-refractivity contribution is 6.48. The van der Waals surface area contributed by atoms with Crippen molar-refractivity contribution in [2.45, 2.75) is 44.8 Å². The smallest absolute Gasteiger partial charge is 0.223 e. The van der Waals surface area contributed by atoms with Crippen LogP contribution >= 0.6 is 34.8 Å². The number of nitrogens with one attached hydrogen (secondary N) is 1. The van der Waals surface area contributed by atoms with Crippen LogP contribution in [-0.2, 0) is 21.8 Å². The van der Waals surface area contributed by atoms with E-state index >= 15 is 0 Å². The SMILES string of the molecule is CC1(c2cc(Cl)c(Cl)c(Cl)c2)CC(c2ccc(F)c(CNC(=O)C3CCC3)c2)=NO1. The van der Waals surface area contributed by atoms with Crippen molar-refractivity contribution in [2.24, 2.45) is 11.1 Å². The van der Waals surface area contributed by atoms with Crippen LogP contribution in [0.1, 0.15) is 49.3 Å². The first-order chi connectivity index (χ1) is 14.3. The number of hydrogen-bond acceptors (Lipinski definition) is 3. The molecule has 1 heterocycles. The van der Waals surface area contributed by atoms with Crippen molar-refractivity contribution in [1.29, 1.82) is 0 Å². The van der Waals surface area contributed by atoms with Crippen LogP contribution < -0.4 is 5.32 Å². The summed E-state index contributed by atoms with van der Waals surface area (Å²) in [6.07, 6.45) is 3.32. The van der Waals surface area contributed by atoms with Crippen LogP contribution in [0.3, 0.4) is 0 Å². The Labute approximate surface area is 189 Å². The van der Waals surface area contributed by atoms with Gasteiger partial charge in [0.15, 0.2) is 5.60 Å². The zero-order valence-electron chi connectivity index (χ0n) is 16.3. The summed E-state index contributed by atoms with van der Waals surface area (Å²) < 4.78 is 14.3. The number of carbonyl (C=O) groups excluding carboxylic acids is 1. The number of carbonyl (C=O) groups is 1. The van der Waals surface area contributed by atoms with E-state index in [0.29, 0.717) is 27.7 Å². The Morgan fingerprint density at radius 2 is 1.93 bits per heavy atom. The maximum absolute atomic E-state index is 14.3. The molecule has 4 rings (SSSR count). The Kier molecular flexibility index (Phi) is 5.97. The molecule has 0 radical (unpaired) electrons. The van der Waals surface area contributed by atoms with Crippen molar-refractivity contribution in [3.63, 3.8) is 0 Å². The van der Waals surface area contributed by atoms with Crippen molar-refractivity contribution >= 4 is 46.4 Å². The second-order valence-electron chi connectivity index (χ2n) is 7.94. The first-order valence-electron chi connectivity index (χ1n) is 9.73. The molecule has 0 saturated heterocycles. The molecule has 2 aromatic rings. The molecule has 0 aromatic heterocycles. The van der Waals surface area contributed by atoms with Crippen LogP contribution in [0.25, 0.3) is 0 Å². The van der Waals surface area contributed by atoms with E-state index in [2.05, 4.69) is 10.5 Å². The number of rotatable bonds is 5. The molecular formula is C22H20Cl3FN2O2. The molecule has 8 heteroatoms. The number of benzene rings is 2. The normalized spacial score (nSPS) is 21.0. The van der Waals surface area contributed by atoms with Gasteiger partial charge in [-0.2, -0.15) is 0 Å². The van der Waals surface area contributed by atoms with Gasteiger partial charge in [0.05, 0.1) is 20.8 Å². The van der Waals surface area contributed by atoms with Gasteiger partial charge in [-0.3, -0.25) is 4.79 Å².